The molecule has 0 bridgehead atoms. The van der Waals surface area contributed by atoms with Gasteiger partial charge in [-0.15, -0.1) is 11.3 Å². The maximum absolute atomic E-state index is 8.95. The predicted octanol–water partition coefficient (Wildman–Crippen LogP) is 9.94. The van der Waals surface area contributed by atoms with Crippen molar-refractivity contribution < 1.29 is 11.0 Å². The van der Waals surface area contributed by atoms with Gasteiger partial charge in [0.1, 0.15) is 0 Å². The Bertz CT molecular complexity index is 2190. The Hall–Kier alpha value is -3.20. The summed E-state index contributed by atoms with van der Waals surface area (Å²) in [6.45, 7) is 0. The van der Waals surface area contributed by atoms with Crippen LogP contribution < -0.4 is 0 Å². The molecule has 7 rings (SSSR count). The molecule has 2 heteroatoms. The summed E-state index contributed by atoms with van der Waals surface area (Å²) in [4.78, 5) is 0. The second kappa shape index (κ2) is 6.90. The quantitative estimate of drug-likeness (QED) is 0.198. The number of hydrogen-bond donors (Lipinski definition) is 0. The molecule has 0 spiro atoms. The Kier molecular flexibility index (Phi) is 2.62. The molecule has 0 aliphatic heterocycles. The smallest absolute Gasteiger partial charge is 0.0630 e. The van der Waals surface area contributed by atoms with Crippen LogP contribution in [0.25, 0.3) is 63.6 Å². The highest BCUT2D eigenvalue weighted by Gasteiger charge is 2.18. The van der Waals surface area contributed by atoms with Crippen LogP contribution in [-0.4, -0.2) is 0 Å². The molecule has 0 saturated carbocycles. The van der Waals surface area contributed by atoms with Gasteiger partial charge in [0.05, 0.1) is 11.0 Å². The summed E-state index contributed by atoms with van der Waals surface area (Å²) in [6, 6.07) is 15.4. The Morgan fingerprint density at radius 3 is 1.94 bits per heavy atom. The van der Waals surface area contributed by atoms with Crippen molar-refractivity contribution in [3.63, 3.8) is 0 Å². The molecule has 0 nitrogen and oxygen atoms in total. The number of halogens is 1. The molecule has 0 atom stereocenters. The van der Waals surface area contributed by atoms with Crippen LogP contribution in [-0.2, 0) is 0 Å². The fourth-order valence-electron chi connectivity index (χ4n) is 4.57. The van der Waals surface area contributed by atoms with Crippen molar-refractivity contribution in [2.45, 2.75) is 0 Å². The molecule has 0 N–H and O–H groups in total. The summed E-state index contributed by atoms with van der Waals surface area (Å²) < 4.78 is 71.3. The minimum absolute atomic E-state index is 0.181. The molecular weight excluding hydrogens is 472 g/mol. The van der Waals surface area contributed by atoms with Crippen LogP contribution in [0.3, 0.4) is 0 Å². The molecule has 1 heterocycles. The molecule has 7 aromatic rings. The normalized spacial score (nSPS) is 15.4. The van der Waals surface area contributed by atoms with Crippen LogP contribution in [0.1, 0.15) is 11.0 Å². The zero-order valence-corrected chi connectivity index (χ0v) is 18.9. The second-order valence-electron chi connectivity index (χ2n) is 7.67. The van der Waals surface area contributed by atoms with Crippen molar-refractivity contribution >= 4 is 79.8 Å². The highest BCUT2D eigenvalue weighted by atomic mass is 79.9. The van der Waals surface area contributed by atoms with Gasteiger partial charge in [0.2, 0.25) is 0 Å². The van der Waals surface area contributed by atoms with Crippen LogP contribution in [0, 0.1) is 0 Å². The van der Waals surface area contributed by atoms with Gasteiger partial charge in [0.15, 0.2) is 0 Å². The predicted molar refractivity (Wildman–Crippen MR) is 145 cm³/mol. The van der Waals surface area contributed by atoms with E-state index in [-0.39, 0.29) is 50.2 Å². The number of thiophene rings is 1. The maximum Gasteiger partial charge on any atom is 0.0630 e. The maximum atomic E-state index is 8.95. The van der Waals surface area contributed by atoms with Crippen LogP contribution >= 0.6 is 27.3 Å². The van der Waals surface area contributed by atoms with Crippen LogP contribution in [0.5, 0.6) is 0 Å². The molecule has 150 valence electrons. The lowest BCUT2D eigenvalue weighted by Crippen LogP contribution is -1.88. The number of benzene rings is 6. The van der Waals surface area contributed by atoms with Gasteiger partial charge in [-0.1, -0.05) is 84.7 Å². The zero-order chi connectivity index (χ0) is 28.2. The summed E-state index contributed by atoms with van der Waals surface area (Å²) >= 11 is 5.11. The van der Waals surface area contributed by atoms with Gasteiger partial charge < -0.3 is 0 Å². The van der Waals surface area contributed by atoms with E-state index in [1.165, 1.54) is 0 Å². The third-order valence-corrected chi connectivity index (χ3v) is 7.86. The second-order valence-corrected chi connectivity index (χ2v) is 9.54. The average Bonchev–Trinajstić information content (AvgIpc) is 3.32. The first-order chi connectivity index (χ1) is 19.1. The lowest BCUT2D eigenvalue weighted by Gasteiger charge is -2.15. The largest absolute Gasteiger partial charge is 0.135 e. The van der Waals surface area contributed by atoms with E-state index in [0.717, 1.165) is 30.9 Å². The number of fused-ring (bicyclic) bond motifs is 6. The Morgan fingerprint density at radius 1 is 0.625 bits per heavy atom. The zero-order valence-electron chi connectivity index (χ0n) is 24.5. The number of hydrogen-bond acceptors (Lipinski definition) is 1. The summed E-state index contributed by atoms with van der Waals surface area (Å²) in [5.74, 6) is 0. The lowest BCUT2D eigenvalue weighted by atomic mass is 9.89. The molecule has 1 aromatic heterocycles. The lowest BCUT2D eigenvalue weighted by molar-refractivity contribution is 1.71. The average molecular weight is 497 g/mol. The summed E-state index contributed by atoms with van der Waals surface area (Å²) in [5, 5.41) is 4.79. The Balaban J connectivity index is 1.82. The molecule has 0 unspecified atom stereocenters. The topological polar surface area (TPSA) is 0 Å². The van der Waals surface area contributed by atoms with Crippen molar-refractivity contribution in [1.29, 1.82) is 0 Å². The Labute approximate surface area is 209 Å². The van der Waals surface area contributed by atoms with Crippen molar-refractivity contribution in [3.8, 4) is 11.1 Å². The monoisotopic (exact) mass is 496 g/mol. The third-order valence-electron chi connectivity index (χ3n) is 5.95. The first-order valence-electron chi connectivity index (χ1n) is 14.1. The van der Waals surface area contributed by atoms with E-state index in [9.17, 15) is 0 Å². The summed E-state index contributed by atoms with van der Waals surface area (Å²) in [7, 11) is 0. The Morgan fingerprint density at radius 2 is 1.25 bits per heavy atom. The fraction of sp³-hybridized carbons (Fsp3) is 0. The highest BCUT2D eigenvalue weighted by molar-refractivity contribution is 9.10. The summed E-state index contributed by atoms with van der Waals surface area (Å²) in [6.07, 6.45) is 0. The molecule has 0 aliphatic rings. The van der Waals surface area contributed by atoms with Gasteiger partial charge in [-0.3, -0.25) is 0 Å². The van der Waals surface area contributed by atoms with E-state index in [2.05, 4.69) is 34.1 Å². The van der Waals surface area contributed by atoms with E-state index in [0.29, 0.717) is 11.1 Å². The highest BCUT2D eigenvalue weighted by Crippen LogP contribution is 2.47. The van der Waals surface area contributed by atoms with Crippen LogP contribution in [0.4, 0.5) is 0 Å². The standard InChI is InChI=1S/C30H17BrS/c31-30-22-12-5-3-10-20(22)28(21-11-4-6-13-23(21)30)24-14-7-15-26-29(24)25-16-18-8-1-2-9-19(18)17-27(25)32-26/h1-17H/i3D,4D,5D,6D,10D,11D,12D,13D. The molecule has 0 amide bonds. The van der Waals surface area contributed by atoms with E-state index < -0.39 is 24.2 Å². The van der Waals surface area contributed by atoms with Gasteiger partial charge in [-0.25, -0.2) is 0 Å². The van der Waals surface area contributed by atoms with Gasteiger partial charge >= 0.3 is 0 Å². The van der Waals surface area contributed by atoms with E-state index in [1.807, 2.05) is 36.4 Å². The molecule has 0 saturated heterocycles. The van der Waals surface area contributed by atoms with Gasteiger partial charge in [0.25, 0.3) is 0 Å². The van der Waals surface area contributed by atoms with Gasteiger partial charge in [-0.05, 0) is 77.6 Å². The van der Waals surface area contributed by atoms with Gasteiger partial charge in [-0.2, -0.15) is 0 Å². The molecule has 0 aliphatic carbocycles. The van der Waals surface area contributed by atoms with Crippen molar-refractivity contribution in [3.05, 3.63) is 107 Å². The van der Waals surface area contributed by atoms with Crippen molar-refractivity contribution in [2.24, 2.45) is 0 Å². The molecule has 0 fully saturated rings. The fourth-order valence-corrected chi connectivity index (χ4v) is 6.33. The molecule has 0 radical (unpaired) electrons. The minimum Gasteiger partial charge on any atom is -0.135 e. The third kappa shape index (κ3) is 2.54. The van der Waals surface area contributed by atoms with E-state index in [1.54, 1.807) is 11.3 Å². The molecular formula is C30H17BrS. The SMILES string of the molecule is [2H]c1c([2H])c([2H])c2c(-c3cccc4sc5cc6ccccc6cc5c34)c3c([2H])c([2H])c([2H])c([2H])c3c(Br)c2c1[2H]. The van der Waals surface area contributed by atoms with Crippen LogP contribution in [0.15, 0.2) is 107 Å². The first-order valence-corrected chi connectivity index (χ1v) is 11.7. The van der Waals surface area contributed by atoms with Crippen molar-refractivity contribution in [2.75, 3.05) is 0 Å². The molecule has 6 aromatic carbocycles. The number of rotatable bonds is 1. The van der Waals surface area contributed by atoms with Crippen LogP contribution in [0.2, 0.25) is 0 Å². The minimum atomic E-state index is -0.407. The first kappa shape index (κ1) is 12.2. The van der Waals surface area contributed by atoms with Crippen molar-refractivity contribution in [1.82, 2.24) is 0 Å². The van der Waals surface area contributed by atoms with E-state index >= 15 is 0 Å². The molecule has 32 heavy (non-hydrogen) atoms. The van der Waals surface area contributed by atoms with Gasteiger partial charge in [0, 0.05) is 24.6 Å². The van der Waals surface area contributed by atoms with E-state index in [4.69, 9.17) is 11.0 Å². The summed E-state index contributed by atoms with van der Waals surface area (Å²) in [5.41, 5.74) is 1.02.